The molecule has 0 aromatic heterocycles. The molecule has 15 N–H and O–H groups in total. The number of primary amides is 3. The number of hydrogen-bond acceptors (Lipinski definition) is 14. The van der Waals surface area contributed by atoms with Gasteiger partial charge < -0.3 is 65.1 Å². The Morgan fingerprint density at radius 2 is 1.39 bits per heavy atom. The number of benzene rings is 1. The summed E-state index contributed by atoms with van der Waals surface area (Å²) >= 11 is 0. The highest BCUT2D eigenvalue weighted by Gasteiger charge is 2.41. The second-order valence-corrected chi connectivity index (χ2v) is 20.7. The lowest BCUT2D eigenvalue weighted by molar-refractivity contribution is -0.142. The highest BCUT2D eigenvalue weighted by atomic mass is 33.1. The van der Waals surface area contributed by atoms with Crippen molar-refractivity contribution in [2.75, 3.05) is 24.6 Å². The predicted octanol–water partition coefficient (Wildman–Crippen LogP) is -2.44. The quantitative estimate of drug-likeness (QED) is 0.0723. The van der Waals surface area contributed by atoms with Crippen LogP contribution in [0.3, 0.4) is 0 Å². The van der Waals surface area contributed by atoms with Crippen molar-refractivity contribution in [3.8, 4) is 0 Å². The molecule has 2 aliphatic rings. The molecular formula is C45H70N12O11S2. The first-order valence-electron chi connectivity index (χ1n) is 23.3. The lowest BCUT2D eigenvalue weighted by Crippen LogP contribution is -2.62. The Balaban J connectivity index is 2.08. The zero-order valence-corrected chi connectivity index (χ0v) is 42.1. The number of likely N-dealkylation sites (tertiary alicyclic amines) is 1. The first kappa shape index (κ1) is 58.4. The summed E-state index contributed by atoms with van der Waals surface area (Å²) in [6, 6.07) is -3.49. The number of nitrogens with zero attached hydrogens (tertiary/aromatic N) is 1. The fourth-order valence-corrected chi connectivity index (χ4v) is 10.2. The van der Waals surface area contributed by atoms with Crippen LogP contribution in [0.25, 0.3) is 0 Å². The number of carbonyl (C=O) groups is 11. The van der Waals surface area contributed by atoms with Crippen LogP contribution >= 0.6 is 21.6 Å². The van der Waals surface area contributed by atoms with Crippen molar-refractivity contribution in [2.24, 2.45) is 34.8 Å². The smallest absolute Gasteiger partial charge is 0.246 e. The third-order valence-electron chi connectivity index (χ3n) is 12.0. The lowest BCUT2D eigenvalue weighted by atomic mass is 9.88. The van der Waals surface area contributed by atoms with E-state index in [-0.39, 0.29) is 43.2 Å². The third-order valence-corrected chi connectivity index (χ3v) is 14.5. The Morgan fingerprint density at radius 1 is 0.771 bits per heavy atom. The van der Waals surface area contributed by atoms with Crippen LogP contribution in [0.5, 0.6) is 0 Å². The van der Waals surface area contributed by atoms with Gasteiger partial charge in [-0.2, -0.15) is 0 Å². The van der Waals surface area contributed by atoms with E-state index in [4.69, 9.17) is 22.9 Å². The fourth-order valence-electron chi connectivity index (χ4n) is 7.93. The zero-order chi connectivity index (χ0) is 52.4. The Morgan fingerprint density at radius 3 is 2.00 bits per heavy atom. The van der Waals surface area contributed by atoms with Crippen LogP contribution in [-0.2, 0) is 52.7 Å². The molecule has 0 bridgehead atoms. The molecule has 1 unspecified atom stereocenters. The molecular weight excluding hydrogens is 949 g/mol. The molecule has 2 fully saturated rings. The third kappa shape index (κ3) is 17.8. The van der Waals surface area contributed by atoms with E-state index in [1.807, 2.05) is 32.9 Å². The van der Waals surface area contributed by atoms with Crippen molar-refractivity contribution < 1.29 is 52.7 Å². The van der Waals surface area contributed by atoms with Gasteiger partial charge in [0.1, 0.15) is 42.3 Å². The topological polar surface area (TPSA) is 379 Å². The van der Waals surface area contributed by atoms with Gasteiger partial charge in [-0.25, -0.2) is 0 Å². The first-order chi connectivity index (χ1) is 32.9. The molecule has 2 heterocycles. The molecule has 23 nitrogen and oxygen atoms in total. The zero-order valence-electron chi connectivity index (χ0n) is 40.5. The van der Waals surface area contributed by atoms with E-state index in [1.165, 1.54) is 4.90 Å². The van der Waals surface area contributed by atoms with Crippen LogP contribution in [0.1, 0.15) is 96.6 Å². The summed E-state index contributed by atoms with van der Waals surface area (Å²) in [6.07, 6.45) is -0.494. The molecule has 0 radical (unpaired) electrons. The highest BCUT2D eigenvalue weighted by molar-refractivity contribution is 8.76. The molecule has 1 aromatic carbocycles. The van der Waals surface area contributed by atoms with E-state index in [2.05, 4.69) is 37.2 Å². The second kappa shape index (κ2) is 28.0. The summed E-state index contributed by atoms with van der Waals surface area (Å²) in [5.74, 6) is -10.7. The number of carbonyl (C=O) groups excluding carboxylic acids is 11. The number of rotatable bonds is 17. The van der Waals surface area contributed by atoms with Gasteiger partial charge in [0.15, 0.2) is 0 Å². The molecule has 0 spiro atoms. The van der Waals surface area contributed by atoms with Crippen LogP contribution in [0.15, 0.2) is 24.3 Å². The van der Waals surface area contributed by atoms with Crippen LogP contribution < -0.4 is 60.2 Å². The maximum Gasteiger partial charge on any atom is 0.246 e. The number of amides is 11. The average molecular weight is 1020 g/mol. The molecule has 2 aliphatic heterocycles. The molecule has 2 saturated heterocycles. The Kier molecular flexibility index (Phi) is 23.4. The van der Waals surface area contributed by atoms with Gasteiger partial charge in [-0.15, -0.1) is 0 Å². The maximum absolute atomic E-state index is 14.5. The van der Waals surface area contributed by atoms with Gasteiger partial charge in [0.2, 0.25) is 65.0 Å². The minimum Gasteiger partial charge on any atom is -0.370 e. The summed E-state index contributed by atoms with van der Waals surface area (Å²) in [5, 5.41) is 18.2. The molecule has 0 saturated carbocycles. The van der Waals surface area contributed by atoms with E-state index in [9.17, 15) is 52.7 Å². The van der Waals surface area contributed by atoms with Crippen molar-refractivity contribution >= 4 is 86.6 Å². The van der Waals surface area contributed by atoms with Gasteiger partial charge in [-0.1, -0.05) is 86.9 Å². The van der Waals surface area contributed by atoms with Crippen LogP contribution in [0, 0.1) is 18.8 Å². The highest BCUT2D eigenvalue weighted by Crippen LogP contribution is 2.27. The molecule has 10 atom stereocenters. The Hall–Kier alpha value is -5.95. The largest absolute Gasteiger partial charge is 0.370 e. The predicted molar refractivity (Wildman–Crippen MR) is 262 cm³/mol. The standard InChI is InChI=1S/C45H70N12O11S2/c1-7-23(4)36-43(66)51-28(14-15-33(47)58)40(63)52-30(18-34(48)59)41(64)54-31(45(68)57-16-10-13-32(57)42(65)53-29(17-22(2)3)39(62)50-19-35(49)60)21-70-69-20-27(46)38(61)56-37(44(67)55-36)25(6)26-12-9-8-11-24(26)5/h8-9,11-12,22-23,25,27-32,36-37H,7,10,13-21,46H2,1-6H3,(H2,47,58)(H2,48,59)(H2,49,60)(H,50,62)(H,51,66)(H,52,63)(H,53,65)(H,54,64)(H,55,67)(H,56,61)/t23?,25-,27+,28+,29+,30+,31+,32+,36+,37-/m1/s1. The number of hydrogen-bond donors (Lipinski definition) is 11. The van der Waals surface area contributed by atoms with Crippen LogP contribution in [0.4, 0.5) is 0 Å². The van der Waals surface area contributed by atoms with E-state index in [1.54, 1.807) is 32.9 Å². The summed E-state index contributed by atoms with van der Waals surface area (Å²) in [4.78, 5) is 149. The number of aryl methyl sites for hydroxylation is 1. The lowest BCUT2D eigenvalue weighted by Gasteiger charge is -2.32. The number of nitrogens with one attached hydrogen (secondary N) is 7. The van der Waals surface area contributed by atoms with E-state index < -0.39 is 145 Å². The second-order valence-electron chi connectivity index (χ2n) is 18.1. The van der Waals surface area contributed by atoms with Gasteiger partial charge >= 0.3 is 0 Å². The van der Waals surface area contributed by atoms with E-state index >= 15 is 0 Å². The molecule has 1 aromatic rings. The molecule has 3 rings (SSSR count). The minimum absolute atomic E-state index is 0.0604. The van der Waals surface area contributed by atoms with Crippen molar-refractivity contribution in [3.63, 3.8) is 0 Å². The Bertz CT molecular complexity index is 2100. The van der Waals surface area contributed by atoms with Crippen LogP contribution in [-0.4, -0.2) is 143 Å². The Labute approximate surface area is 415 Å². The van der Waals surface area contributed by atoms with Crippen molar-refractivity contribution in [1.29, 1.82) is 0 Å². The van der Waals surface area contributed by atoms with Gasteiger partial charge in [-0.3, -0.25) is 52.7 Å². The molecule has 70 heavy (non-hydrogen) atoms. The molecule has 388 valence electrons. The van der Waals surface area contributed by atoms with Crippen LogP contribution in [0.2, 0.25) is 0 Å². The fraction of sp³-hybridized carbons (Fsp3) is 0.622. The molecule has 0 aliphatic carbocycles. The van der Waals surface area contributed by atoms with Gasteiger partial charge in [-0.05, 0) is 55.6 Å². The summed E-state index contributed by atoms with van der Waals surface area (Å²) in [5.41, 5.74) is 24.1. The maximum atomic E-state index is 14.5. The SMILES string of the molecule is CCC(C)[C@@H]1NC(=O)[C@@H]([C@H](C)c2ccccc2C)NC(=O)[C@@H](N)CSSC[C@@H](C(=O)N2CCC[C@H]2C(=O)N[C@@H](CC(C)C)C(=O)NCC(N)=O)NC(=O)[C@H](CC(N)=O)NC(=O)[C@H](CCC(N)=O)NC1=O. The average Bonchev–Trinajstić information content (AvgIpc) is 3.80. The van der Waals surface area contributed by atoms with E-state index in [0.29, 0.717) is 12.8 Å². The normalized spacial score (nSPS) is 24.6. The summed E-state index contributed by atoms with van der Waals surface area (Å²) in [6.45, 7) is 10.3. The van der Waals surface area contributed by atoms with Crippen molar-refractivity contribution in [2.45, 2.75) is 141 Å². The summed E-state index contributed by atoms with van der Waals surface area (Å²) in [7, 11) is 2.10. The minimum atomic E-state index is -1.74. The van der Waals surface area contributed by atoms with Gasteiger partial charge in [0.05, 0.1) is 19.0 Å². The molecule has 25 heteroatoms. The van der Waals surface area contributed by atoms with Gasteiger partial charge in [0, 0.05) is 30.4 Å². The first-order valence-corrected chi connectivity index (χ1v) is 25.7. The van der Waals surface area contributed by atoms with Crippen molar-refractivity contribution in [3.05, 3.63) is 35.4 Å². The monoisotopic (exact) mass is 1020 g/mol. The molecule has 11 amide bonds. The van der Waals surface area contributed by atoms with Crippen molar-refractivity contribution in [1.82, 2.24) is 42.1 Å². The van der Waals surface area contributed by atoms with E-state index in [0.717, 1.165) is 32.7 Å². The number of nitrogens with two attached hydrogens (primary N) is 4. The van der Waals surface area contributed by atoms with Gasteiger partial charge in [0.25, 0.3) is 0 Å². The summed E-state index contributed by atoms with van der Waals surface area (Å²) < 4.78 is 0.